The number of nitrogens with zero attached hydrogens (tertiary/aromatic N) is 2. The summed E-state index contributed by atoms with van der Waals surface area (Å²) in [7, 11) is 0. The van der Waals surface area contributed by atoms with Crippen LogP contribution in [0.1, 0.15) is 53.7 Å². The smallest absolute Gasteiger partial charge is 0.255 e. The van der Waals surface area contributed by atoms with Crippen molar-refractivity contribution in [1.29, 1.82) is 0 Å². The Bertz CT molecular complexity index is 1730. The molecule has 0 saturated carbocycles. The van der Waals surface area contributed by atoms with Gasteiger partial charge in [0, 0.05) is 46.5 Å². The zero-order valence-electron chi connectivity index (χ0n) is 24.4. The fourth-order valence-corrected chi connectivity index (χ4v) is 6.69. The number of hydrogen-bond donors (Lipinski definition) is 2. The first-order valence-corrected chi connectivity index (χ1v) is 15.7. The van der Waals surface area contributed by atoms with Crippen LogP contribution in [-0.4, -0.2) is 40.3 Å². The Balaban J connectivity index is 1.56. The van der Waals surface area contributed by atoms with Crippen molar-refractivity contribution < 1.29 is 18.8 Å². The Morgan fingerprint density at radius 2 is 1.47 bits per heavy atom. The van der Waals surface area contributed by atoms with Gasteiger partial charge >= 0.3 is 0 Å². The Kier molecular flexibility index (Phi) is 9.87. The first-order valence-electron chi connectivity index (χ1n) is 14.6. The molecule has 0 spiro atoms. The van der Waals surface area contributed by atoms with Gasteiger partial charge in [-0.15, -0.1) is 0 Å². The maximum absolute atomic E-state index is 14.3. The van der Waals surface area contributed by atoms with Gasteiger partial charge in [-0.05, 0) is 98.3 Å². The summed E-state index contributed by atoms with van der Waals surface area (Å²) < 4.78 is 15.6. The SMILES string of the molecule is NC(=O)CCCCc1c(C(=O)N2CCC(C(N)=O)(c3ccc(F)cc3)CC2)cc(-c2ccc(Cl)cc2Cl)n1-c1ccc(Cl)cc1. The summed E-state index contributed by atoms with van der Waals surface area (Å²) >= 11 is 19.1. The number of rotatable bonds is 10. The molecular formula is C34H32Cl3FN4O3. The number of primary amides is 2. The number of amides is 3. The highest BCUT2D eigenvalue weighted by atomic mass is 35.5. The number of unbranched alkanes of at least 4 members (excludes halogenated alkanes) is 1. The largest absolute Gasteiger partial charge is 0.370 e. The summed E-state index contributed by atoms with van der Waals surface area (Å²) in [5, 5.41) is 1.45. The first-order chi connectivity index (χ1) is 21.5. The Morgan fingerprint density at radius 1 is 0.822 bits per heavy atom. The Labute approximate surface area is 275 Å². The molecule has 11 heteroatoms. The zero-order valence-corrected chi connectivity index (χ0v) is 26.6. The quantitative estimate of drug-likeness (QED) is 0.176. The molecule has 3 aromatic carbocycles. The van der Waals surface area contributed by atoms with Crippen LogP contribution < -0.4 is 11.5 Å². The van der Waals surface area contributed by atoms with E-state index in [1.807, 2.05) is 28.8 Å². The fourth-order valence-electron chi connectivity index (χ4n) is 6.06. The maximum atomic E-state index is 14.3. The molecule has 0 bridgehead atoms. The number of piperidine rings is 1. The van der Waals surface area contributed by atoms with Crippen LogP contribution in [0.5, 0.6) is 0 Å². The summed E-state index contributed by atoms with van der Waals surface area (Å²) in [6.07, 6.45) is 2.43. The Hall–Kier alpha value is -3.85. The molecule has 4 N–H and O–H groups in total. The van der Waals surface area contributed by atoms with Crippen molar-refractivity contribution in [1.82, 2.24) is 9.47 Å². The van der Waals surface area contributed by atoms with Crippen LogP contribution in [0.3, 0.4) is 0 Å². The molecular weight excluding hydrogens is 638 g/mol. The lowest BCUT2D eigenvalue weighted by molar-refractivity contribution is -0.125. The number of nitrogens with two attached hydrogens (primary N) is 2. The third-order valence-electron chi connectivity index (χ3n) is 8.48. The normalized spacial score (nSPS) is 14.4. The lowest BCUT2D eigenvalue weighted by atomic mass is 9.72. The number of likely N-dealkylation sites (tertiary alicyclic amines) is 1. The zero-order chi connectivity index (χ0) is 32.3. The summed E-state index contributed by atoms with van der Waals surface area (Å²) in [5.41, 5.74) is 14.2. The highest BCUT2D eigenvalue weighted by molar-refractivity contribution is 6.36. The molecule has 7 nitrogen and oxygen atoms in total. The molecule has 4 aromatic rings. The molecule has 1 saturated heterocycles. The van der Waals surface area contributed by atoms with Gasteiger partial charge in [0.1, 0.15) is 5.82 Å². The molecule has 234 valence electrons. The molecule has 0 atom stereocenters. The molecule has 45 heavy (non-hydrogen) atoms. The van der Waals surface area contributed by atoms with Crippen LogP contribution in [0.25, 0.3) is 16.9 Å². The minimum atomic E-state index is -1.01. The maximum Gasteiger partial charge on any atom is 0.255 e. The molecule has 1 aliphatic heterocycles. The predicted molar refractivity (Wildman–Crippen MR) is 175 cm³/mol. The highest BCUT2D eigenvalue weighted by Crippen LogP contribution is 2.39. The number of aromatic nitrogens is 1. The number of benzene rings is 3. The van der Waals surface area contributed by atoms with E-state index in [-0.39, 0.29) is 31.3 Å². The average Bonchev–Trinajstić information content (AvgIpc) is 3.38. The second-order valence-corrected chi connectivity index (χ2v) is 12.5. The predicted octanol–water partition coefficient (Wildman–Crippen LogP) is 7.10. The van der Waals surface area contributed by atoms with E-state index in [1.54, 1.807) is 41.3 Å². The topological polar surface area (TPSA) is 111 Å². The van der Waals surface area contributed by atoms with Gasteiger partial charge in [0.25, 0.3) is 5.91 Å². The lowest BCUT2D eigenvalue weighted by Gasteiger charge is -2.40. The van der Waals surface area contributed by atoms with Gasteiger partial charge in [0.2, 0.25) is 11.8 Å². The summed E-state index contributed by atoms with van der Waals surface area (Å²) in [6.45, 7) is 0.535. The van der Waals surface area contributed by atoms with Crippen molar-refractivity contribution in [3.05, 3.63) is 111 Å². The van der Waals surface area contributed by atoms with Gasteiger partial charge in [-0.1, -0.05) is 46.9 Å². The van der Waals surface area contributed by atoms with E-state index < -0.39 is 17.1 Å². The number of hydrogen-bond acceptors (Lipinski definition) is 3. The molecule has 0 aliphatic carbocycles. The van der Waals surface area contributed by atoms with Gasteiger partial charge in [-0.3, -0.25) is 14.4 Å². The van der Waals surface area contributed by atoms with Crippen LogP contribution >= 0.6 is 34.8 Å². The fraction of sp³-hybridized carbons (Fsp3) is 0.265. The highest BCUT2D eigenvalue weighted by Gasteiger charge is 2.43. The lowest BCUT2D eigenvalue weighted by Crippen LogP contribution is -2.51. The third-order valence-corrected chi connectivity index (χ3v) is 9.28. The number of halogens is 4. The standard InChI is InChI=1S/C34H32Cl3FN4O3/c35-22-7-12-25(13-8-22)42-29(3-1-2-4-31(39)43)27(20-30(42)26-14-9-23(36)19-28(26)37)32(44)41-17-15-34(16-18-41,33(40)45)21-5-10-24(38)11-6-21/h5-14,19-20H,1-4,15-18H2,(H2,39,43)(H2,40,45). The monoisotopic (exact) mass is 668 g/mol. The molecule has 0 radical (unpaired) electrons. The van der Waals surface area contributed by atoms with Crippen molar-refractivity contribution in [2.45, 2.75) is 43.9 Å². The van der Waals surface area contributed by atoms with Gasteiger partial charge in [0.05, 0.1) is 21.7 Å². The molecule has 1 aliphatic rings. The van der Waals surface area contributed by atoms with Crippen molar-refractivity contribution in [2.75, 3.05) is 13.1 Å². The molecule has 3 amide bonds. The minimum Gasteiger partial charge on any atom is -0.370 e. The van der Waals surface area contributed by atoms with Crippen LogP contribution in [0.2, 0.25) is 15.1 Å². The molecule has 1 fully saturated rings. The summed E-state index contributed by atoms with van der Waals surface area (Å²) in [4.78, 5) is 40.3. The van der Waals surface area contributed by atoms with Gasteiger partial charge in [-0.2, -0.15) is 0 Å². The first kappa shape index (κ1) is 32.5. The van der Waals surface area contributed by atoms with Crippen molar-refractivity contribution in [2.24, 2.45) is 11.5 Å². The van der Waals surface area contributed by atoms with Crippen LogP contribution in [0, 0.1) is 5.82 Å². The van der Waals surface area contributed by atoms with Gasteiger partial charge in [0.15, 0.2) is 0 Å². The molecule has 1 aromatic heterocycles. The second-order valence-electron chi connectivity index (χ2n) is 11.2. The van der Waals surface area contributed by atoms with E-state index in [1.165, 1.54) is 12.1 Å². The van der Waals surface area contributed by atoms with E-state index in [4.69, 9.17) is 46.3 Å². The second kappa shape index (κ2) is 13.6. The van der Waals surface area contributed by atoms with E-state index >= 15 is 0 Å². The van der Waals surface area contributed by atoms with E-state index in [0.717, 1.165) is 11.4 Å². The van der Waals surface area contributed by atoms with E-state index in [2.05, 4.69) is 0 Å². The number of carbonyl (C=O) groups is 3. The molecule has 2 heterocycles. The van der Waals surface area contributed by atoms with Crippen LogP contribution in [0.15, 0.2) is 72.8 Å². The minimum absolute atomic E-state index is 0.212. The molecule has 0 unspecified atom stereocenters. The van der Waals surface area contributed by atoms with Gasteiger partial charge < -0.3 is 20.9 Å². The molecule has 5 rings (SSSR count). The van der Waals surface area contributed by atoms with E-state index in [9.17, 15) is 18.8 Å². The average molecular weight is 670 g/mol. The Morgan fingerprint density at radius 3 is 2.07 bits per heavy atom. The van der Waals surface area contributed by atoms with Crippen LogP contribution in [-0.2, 0) is 21.4 Å². The van der Waals surface area contributed by atoms with Gasteiger partial charge in [-0.25, -0.2) is 4.39 Å². The van der Waals surface area contributed by atoms with Crippen molar-refractivity contribution in [3.8, 4) is 16.9 Å². The van der Waals surface area contributed by atoms with Crippen LogP contribution in [0.4, 0.5) is 4.39 Å². The van der Waals surface area contributed by atoms with E-state index in [0.29, 0.717) is 69.6 Å². The van der Waals surface area contributed by atoms with Crippen molar-refractivity contribution in [3.63, 3.8) is 0 Å². The summed E-state index contributed by atoms with van der Waals surface area (Å²) in [6, 6.07) is 20.1. The third kappa shape index (κ3) is 6.88. The summed E-state index contributed by atoms with van der Waals surface area (Å²) in [5.74, 6) is -1.52. The number of carbonyl (C=O) groups excluding carboxylic acids is 3. The van der Waals surface area contributed by atoms with Crippen molar-refractivity contribution >= 4 is 52.5 Å².